The molecule has 0 spiro atoms. The highest BCUT2D eigenvalue weighted by atomic mass is 16.5. The molecule has 0 aromatic heterocycles. The molecular formula is C27H25NO6. The molecule has 7 heteroatoms. The molecule has 0 bridgehead atoms. The monoisotopic (exact) mass is 459 g/mol. The highest BCUT2D eigenvalue weighted by Gasteiger charge is 2.47. The van der Waals surface area contributed by atoms with Crippen molar-refractivity contribution in [3.8, 4) is 17.2 Å². The van der Waals surface area contributed by atoms with Crippen molar-refractivity contribution in [2.75, 3.05) is 19.1 Å². The molecule has 3 aromatic rings. The molecule has 0 saturated carbocycles. The van der Waals surface area contributed by atoms with Gasteiger partial charge in [-0.2, -0.15) is 0 Å². The number of aliphatic hydroxyl groups is 1. The van der Waals surface area contributed by atoms with Crippen molar-refractivity contribution in [2.45, 2.75) is 19.9 Å². The lowest BCUT2D eigenvalue weighted by atomic mass is 9.94. The summed E-state index contributed by atoms with van der Waals surface area (Å²) in [5.74, 6) is -1.38. The molecular weight excluding hydrogens is 434 g/mol. The Labute approximate surface area is 197 Å². The number of aliphatic hydroxyl groups excluding tert-OH is 1. The van der Waals surface area contributed by atoms with Gasteiger partial charge in [0.05, 0.1) is 25.8 Å². The number of phenols is 1. The number of phenolic OH excluding ortho intramolecular Hbond substituents is 1. The Hall–Kier alpha value is -4.26. The number of hydrogen-bond acceptors (Lipinski definition) is 6. The normalized spacial score (nSPS) is 17.2. The van der Waals surface area contributed by atoms with Gasteiger partial charge in [0.15, 0.2) is 0 Å². The molecule has 2 N–H and O–H groups in total. The van der Waals surface area contributed by atoms with E-state index >= 15 is 0 Å². The molecule has 1 saturated heterocycles. The molecule has 174 valence electrons. The summed E-state index contributed by atoms with van der Waals surface area (Å²) < 4.78 is 10.8. The first kappa shape index (κ1) is 22.9. The summed E-state index contributed by atoms with van der Waals surface area (Å²) in [6.45, 7) is 3.80. The second kappa shape index (κ2) is 8.94. The van der Waals surface area contributed by atoms with Crippen molar-refractivity contribution in [1.29, 1.82) is 0 Å². The lowest BCUT2D eigenvalue weighted by molar-refractivity contribution is -0.132. The second-order valence-electron chi connectivity index (χ2n) is 8.09. The molecule has 1 atom stereocenters. The van der Waals surface area contributed by atoms with E-state index in [4.69, 9.17) is 9.47 Å². The summed E-state index contributed by atoms with van der Waals surface area (Å²) in [6, 6.07) is 15.8. The van der Waals surface area contributed by atoms with Crippen LogP contribution in [0.15, 0.2) is 66.2 Å². The molecule has 1 unspecified atom stereocenters. The zero-order valence-electron chi connectivity index (χ0n) is 19.3. The van der Waals surface area contributed by atoms with Crippen LogP contribution in [0, 0.1) is 13.8 Å². The third kappa shape index (κ3) is 3.75. The Morgan fingerprint density at radius 2 is 1.53 bits per heavy atom. The number of rotatable bonds is 5. The summed E-state index contributed by atoms with van der Waals surface area (Å²) in [5, 5.41) is 21.3. The molecule has 0 aliphatic carbocycles. The topological polar surface area (TPSA) is 96.3 Å². The van der Waals surface area contributed by atoms with E-state index in [1.54, 1.807) is 36.4 Å². The maximum atomic E-state index is 13.4. The van der Waals surface area contributed by atoms with E-state index in [1.165, 1.54) is 31.3 Å². The molecule has 4 rings (SSSR count). The quantitative estimate of drug-likeness (QED) is 0.328. The SMILES string of the molecule is COc1cccc(OC)c1/C(O)=C1\C(=O)C(=O)N(c2ccc(C)cc2C)C1c1ccc(O)cc1. The van der Waals surface area contributed by atoms with Crippen LogP contribution in [0.5, 0.6) is 17.2 Å². The number of methoxy groups -OCH3 is 2. The summed E-state index contributed by atoms with van der Waals surface area (Å²) in [5.41, 5.74) is 3.00. The van der Waals surface area contributed by atoms with Gasteiger partial charge >= 0.3 is 0 Å². The summed E-state index contributed by atoms with van der Waals surface area (Å²) in [7, 11) is 2.88. The molecule has 1 aliphatic heterocycles. The third-order valence-electron chi connectivity index (χ3n) is 5.93. The number of hydrogen-bond donors (Lipinski definition) is 2. The average molecular weight is 459 g/mol. The minimum absolute atomic E-state index is 0.0404. The van der Waals surface area contributed by atoms with E-state index in [9.17, 15) is 19.8 Å². The summed E-state index contributed by atoms with van der Waals surface area (Å²) in [6.07, 6.45) is 0. The van der Waals surface area contributed by atoms with Crippen molar-refractivity contribution >= 4 is 23.1 Å². The van der Waals surface area contributed by atoms with E-state index in [2.05, 4.69) is 0 Å². The molecule has 1 aliphatic rings. The minimum Gasteiger partial charge on any atom is -0.508 e. The van der Waals surface area contributed by atoms with E-state index < -0.39 is 23.5 Å². The predicted molar refractivity (Wildman–Crippen MR) is 128 cm³/mol. The molecule has 34 heavy (non-hydrogen) atoms. The highest BCUT2D eigenvalue weighted by Crippen LogP contribution is 2.46. The van der Waals surface area contributed by atoms with Gasteiger partial charge in [-0.1, -0.05) is 35.9 Å². The van der Waals surface area contributed by atoms with Gasteiger partial charge in [-0.3, -0.25) is 14.5 Å². The predicted octanol–water partition coefficient (Wildman–Crippen LogP) is 4.65. The maximum absolute atomic E-state index is 13.4. The highest BCUT2D eigenvalue weighted by molar-refractivity contribution is 6.51. The fourth-order valence-corrected chi connectivity index (χ4v) is 4.35. The van der Waals surface area contributed by atoms with Crippen LogP contribution in [0.2, 0.25) is 0 Å². The number of benzene rings is 3. The number of aromatic hydroxyl groups is 1. The summed E-state index contributed by atoms with van der Waals surface area (Å²) in [4.78, 5) is 28.1. The minimum atomic E-state index is -0.934. The summed E-state index contributed by atoms with van der Waals surface area (Å²) >= 11 is 0. The zero-order chi connectivity index (χ0) is 24.6. The Bertz CT molecular complexity index is 1290. The first-order valence-corrected chi connectivity index (χ1v) is 10.7. The van der Waals surface area contributed by atoms with Gasteiger partial charge in [0.2, 0.25) is 0 Å². The van der Waals surface area contributed by atoms with Crippen molar-refractivity contribution in [3.05, 3.63) is 88.5 Å². The average Bonchev–Trinajstić information content (AvgIpc) is 3.09. The van der Waals surface area contributed by atoms with Crippen LogP contribution in [-0.2, 0) is 9.59 Å². The van der Waals surface area contributed by atoms with Gasteiger partial charge in [0.1, 0.15) is 28.6 Å². The molecule has 1 fully saturated rings. The first-order valence-electron chi connectivity index (χ1n) is 10.7. The number of aryl methyl sites for hydroxylation is 2. The van der Waals surface area contributed by atoms with E-state index in [0.717, 1.165) is 11.1 Å². The number of amides is 1. The van der Waals surface area contributed by atoms with E-state index in [-0.39, 0.29) is 16.9 Å². The number of Topliss-reactive ketones (excluding diaryl/α,β-unsaturated/α-hetero) is 1. The smallest absolute Gasteiger partial charge is 0.300 e. The number of carbonyl (C=O) groups excluding carboxylic acids is 2. The van der Waals surface area contributed by atoms with E-state index in [0.29, 0.717) is 22.7 Å². The van der Waals surface area contributed by atoms with Gasteiger partial charge in [-0.15, -0.1) is 0 Å². The van der Waals surface area contributed by atoms with Crippen LogP contribution in [-0.4, -0.2) is 36.1 Å². The Kier molecular flexibility index (Phi) is 6.03. The fraction of sp³-hybridized carbons (Fsp3) is 0.185. The van der Waals surface area contributed by atoms with Crippen molar-refractivity contribution in [3.63, 3.8) is 0 Å². The lowest BCUT2D eigenvalue weighted by Crippen LogP contribution is -2.30. The van der Waals surface area contributed by atoms with Crippen molar-refractivity contribution in [1.82, 2.24) is 0 Å². The number of anilines is 1. The number of nitrogens with zero attached hydrogens (tertiary/aromatic N) is 1. The Balaban J connectivity index is 2.03. The Morgan fingerprint density at radius 1 is 0.912 bits per heavy atom. The Morgan fingerprint density at radius 3 is 2.09 bits per heavy atom. The number of ketones is 1. The standard InChI is InChI=1S/C27H25NO6/c1-15-8-13-19(16(2)14-15)28-24(17-9-11-18(29)12-10-17)23(26(31)27(28)32)25(30)22-20(33-3)6-5-7-21(22)34-4/h5-14,24,29-30H,1-4H3/b25-23+. The van der Waals surface area contributed by atoms with Crippen LogP contribution >= 0.6 is 0 Å². The lowest BCUT2D eigenvalue weighted by Gasteiger charge is -2.27. The van der Waals surface area contributed by atoms with Crippen LogP contribution in [0.3, 0.4) is 0 Å². The molecule has 0 radical (unpaired) electrons. The molecule has 1 heterocycles. The number of carbonyl (C=O) groups is 2. The van der Waals surface area contributed by atoms with Gasteiger partial charge in [0.25, 0.3) is 11.7 Å². The molecule has 1 amide bonds. The maximum Gasteiger partial charge on any atom is 0.300 e. The third-order valence-corrected chi connectivity index (χ3v) is 5.93. The van der Waals surface area contributed by atoms with Crippen LogP contribution in [0.25, 0.3) is 5.76 Å². The fourth-order valence-electron chi connectivity index (χ4n) is 4.35. The molecule has 3 aromatic carbocycles. The van der Waals surface area contributed by atoms with Crippen LogP contribution in [0.4, 0.5) is 5.69 Å². The zero-order valence-corrected chi connectivity index (χ0v) is 19.3. The van der Waals surface area contributed by atoms with Gasteiger partial charge in [0, 0.05) is 5.69 Å². The largest absolute Gasteiger partial charge is 0.508 e. The van der Waals surface area contributed by atoms with Gasteiger partial charge < -0.3 is 19.7 Å². The van der Waals surface area contributed by atoms with Gasteiger partial charge in [-0.25, -0.2) is 0 Å². The van der Waals surface area contributed by atoms with Crippen molar-refractivity contribution in [2.24, 2.45) is 0 Å². The second-order valence-corrected chi connectivity index (χ2v) is 8.09. The van der Waals surface area contributed by atoms with Crippen LogP contribution in [0.1, 0.15) is 28.3 Å². The van der Waals surface area contributed by atoms with Gasteiger partial charge in [-0.05, 0) is 55.3 Å². The van der Waals surface area contributed by atoms with Crippen molar-refractivity contribution < 1.29 is 29.3 Å². The van der Waals surface area contributed by atoms with E-state index in [1.807, 2.05) is 26.0 Å². The number of ether oxygens (including phenoxy) is 2. The molecule has 7 nitrogen and oxygen atoms in total. The first-order chi connectivity index (χ1) is 16.3. The van der Waals surface area contributed by atoms with Crippen LogP contribution < -0.4 is 14.4 Å².